The molecular weight excluding hydrogens is 358 g/mol. The molecule has 0 aromatic heterocycles. The van der Waals surface area contributed by atoms with Crippen molar-refractivity contribution in [3.05, 3.63) is 70.3 Å². The first-order chi connectivity index (χ1) is 13.2. The molecular formula is C21H27N3O4. The van der Waals surface area contributed by atoms with Gasteiger partial charge >= 0.3 is 6.09 Å². The highest BCUT2D eigenvalue weighted by Crippen LogP contribution is 2.23. The number of likely N-dealkylation sites (N-methyl/N-ethyl adjacent to an activating group) is 1. The van der Waals surface area contributed by atoms with Crippen LogP contribution in [0.3, 0.4) is 0 Å². The van der Waals surface area contributed by atoms with Crippen molar-refractivity contribution in [1.82, 2.24) is 4.90 Å². The van der Waals surface area contributed by atoms with Crippen molar-refractivity contribution in [3.63, 3.8) is 0 Å². The Hall–Kier alpha value is -3.09. The monoisotopic (exact) mass is 385 g/mol. The number of nitro benzene ring substituents is 1. The van der Waals surface area contributed by atoms with Gasteiger partial charge in [-0.25, -0.2) is 4.79 Å². The topological polar surface area (TPSA) is 75.9 Å². The summed E-state index contributed by atoms with van der Waals surface area (Å²) in [6.07, 6.45) is -0.397. The summed E-state index contributed by atoms with van der Waals surface area (Å²) in [5.74, 6) is 0. The van der Waals surface area contributed by atoms with Gasteiger partial charge in [-0.1, -0.05) is 36.4 Å². The van der Waals surface area contributed by atoms with Crippen LogP contribution in [0.1, 0.15) is 26.3 Å². The highest BCUT2D eigenvalue weighted by molar-refractivity contribution is 5.67. The smallest absolute Gasteiger partial charge is 0.410 e. The molecule has 0 radical (unpaired) electrons. The van der Waals surface area contributed by atoms with Crippen LogP contribution in [-0.2, 0) is 11.3 Å². The number of ether oxygens (including phenoxy) is 1. The summed E-state index contributed by atoms with van der Waals surface area (Å²) >= 11 is 0. The Labute approximate surface area is 165 Å². The minimum Gasteiger partial charge on any atom is -0.444 e. The molecule has 2 aromatic carbocycles. The molecule has 150 valence electrons. The van der Waals surface area contributed by atoms with Gasteiger partial charge in [-0.3, -0.25) is 10.1 Å². The Kier molecular flexibility index (Phi) is 6.98. The predicted molar refractivity (Wildman–Crippen MR) is 109 cm³/mol. The number of hydrogen-bond donors (Lipinski definition) is 0. The lowest BCUT2D eigenvalue weighted by Gasteiger charge is -2.29. The molecule has 0 unspecified atom stereocenters. The Morgan fingerprint density at radius 2 is 1.75 bits per heavy atom. The molecule has 7 nitrogen and oxygen atoms in total. The molecule has 2 rings (SSSR count). The number of non-ortho nitro benzene ring substituents is 1. The Morgan fingerprint density at radius 1 is 1.07 bits per heavy atom. The number of nitro groups is 1. The molecule has 0 fully saturated rings. The van der Waals surface area contributed by atoms with Gasteiger partial charge in [-0.05, 0) is 32.4 Å². The second-order valence-corrected chi connectivity index (χ2v) is 7.59. The number of nitrogens with zero attached hydrogens (tertiary/aromatic N) is 3. The number of benzene rings is 2. The third-order valence-corrected chi connectivity index (χ3v) is 4.03. The molecule has 0 aliphatic heterocycles. The van der Waals surface area contributed by atoms with E-state index in [9.17, 15) is 14.9 Å². The van der Waals surface area contributed by atoms with Gasteiger partial charge in [0.05, 0.1) is 4.92 Å². The van der Waals surface area contributed by atoms with Gasteiger partial charge in [0, 0.05) is 44.5 Å². The van der Waals surface area contributed by atoms with E-state index in [0.717, 1.165) is 11.3 Å². The standard InChI is InChI=1S/C21H27N3O4/c1-21(2,3)28-20(25)22(4)13-14-23(16-17-9-6-5-7-10-17)18-11-8-12-19(15-18)24(26)27/h5-12,15H,13-14,16H2,1-4H3. The maximum Gasteiger partial charge on any atom is 0.410 e. The van der Waals surface area contributed by atoms with Crippen molar-refractivity contribution in [2.75, 3.05) is 25.0 Å². The minimum absolute atomic E-state index is 0.0380. The first-order valence-corrected chi connectivity index (χ1v) is 9.13. The summed E-state index contributed by atoms with van der Waals surface area (Å²) in [7, 11) is 1.68. The van der Waals surface area contributed by atoms with Crippen LogP contribution in [0.25, 0.3) is 0 Å². The highest BCUT2D eigenvalue weighted by Gasteiger charge is 2.20. The van der Waals surface area contributed by atoms with Crippen molar-refractivity contribution >= 4 is 17.5 Å². The van der Waals surface area contributed by atoms with Crippen LogP contribution < -0.4 is 4.90 Å². The lowest BCUT2D eigenvalue weighted by atomic mass is 10.2. The van der Waals surface area contributed by atoms with Crippen LogP contribution >= 0.6 is 0 Å². The van der Waals surface area contributed by atoms with Crippen LogP contribution in [-0.4, -0.2) is 41.7 Å². The second-order valence-electron chi connectivity index (χ2n) is 7.59. The summed E-state index contributed by atoms with van der Waals surface area (Å²) < 4.78 is 5.39. The molecule has 0 N–H and O–H groups in total. The first-order valence-electron chi connectivity index (χ1n) is 9.13. The molecule has 0 aliphatic rings. The molecule has 0 aliphatic carbocycles. The van der Waals surface area contributed by atoms with Crippen LogP contribution in [0.5, 0.6) is 0 Å². The molecule has 0 spiro atoms. The van der Waals surface area contributed by atoms with Crippen LogP contribution in [0.4, 0.5) is 16.2 Å². The molecule has 28 heavy (non-hydrogen) atoms. The average molecular weight is 385 g/mol. The van der Waals surface area contributed by atoms with E-state index in [4.69, 9.17) is 4.74 Å². The lowest BCUT2D eigenvalue weighted by molar-refractivity contribution is -0.384. The first kappa shape index (κ1) is 21.2. The van der Waals surface area contributed by atoms with Crippen LogP contribution in [0.15, 0.2) is 54.6 Å². The summed E-state index contributed by atoms with van der Waals surface area (Å²) in [4.78, 5) is 26.5. The van der Waals surface area contributed by atoms with E-state index in [1.165, 1.54) is 11.0 Å². The van der Waals surface area contributed by atoms with E-state index in [1.807, 2.05) is 62.1 Å². The number of hydrogen-bond acceptors (Lipinski definition) is 5. The molecule has 0 bridgehead atoms. The summed E-state index contributed by atoms with van der Waals surface area (Å²) in [5.41, 5.74) is 1.29. The molecule has 0 saturated heterocycles. The largest absolute Gasteiger partial charge is 0.444 e. The van der Waals surface area contributed by atoms with E-state index in [2.05, 4.69) is 0 Å². The Balaban J connectivity index is 2.16. The fraction of sp³-hybridized carbons (Fsp3) is 0.381. The summed E-state index contributed by atoms with van der Waals surface area (Å²) in [5, 5.41) is 11.1. The van der Waals surface area contributed by atoms with Gasteiger partial charge in [0.2, 0.25) is 0 Å². The van der Waals surface area contributed by atoms with E-state index in [1.54, 1.807) is 19.2 Å². The molecule has 2 aromatic rings. The number of carbonyl (C=O) groups is 1. The molecule has 1 amide bonds. The van der Waals surface area contributed by atoms with Gasteiger partial charge < -0.3 is 14.5 Å². The van der Waals surface area contributed by atoms with Crippen molar-refractivity contribution in [3.8, 4) is 0 Å². The minimum atomic E-state index is -0.560. The van der Waals surface area contributed by atoms with Crippen LogP contribution in [0, 0.1) is 10.1 Å². The quantitative estimate of drug-likeness (QED) is 0.519. The van der Waals surface area contributed by atoms with Crippen molar-refractivity contribution in [1.29, 1.82) is 0 Å². The van der Waals surface area contributed by atoms with E-state index in [0.29, 0.717) is 19.6 Å². The fourth-order valence-corrected chi connectivity index (χ4v) is 2.61. The zero-order valence-corrected chi connectivity index (χ0v) is 16.8. The summed E-state index contributed by atoms with van der Waals surface area (Å²) in [6.45, 7) is 6.97. The normalized spacial score (nSPS) is 11.0. The van der Waals surface area contributed by atoms with Crippen molar-refractivity contribution < 1.29 is 14.5 Å². The zero-order chi connectivity index (χ0) is 20.7. The van der Waals surface area contributed by atoms with Gasteiger partial charge in [-0.15, -0.1) is 0 Å². The SMILES string of the molecule is CN(CCN(Cc1ccccc1)c1cccc([N+](=O)[O-])c1)C(=O)OC(C)(C)C. The number of amides is 1. The van der Waals surface area contributed by atoms with Crippen LogP contribution in [0.2, 0.25) is 0 Å². The molecule has 0 atom stereocenters. The van der Waals surface area contributed by atoms with Gasteiger partial charge in [0.15, 0.2) is 0 Å². The maximum atomic E-state index is 12.2. The zero-order valence-electron chi connectivity index (χ0n) is 16.8. The van der Waals surface area contributed by atoms with Crippen molar-refractivity contribution in [2.45, 2.75) is 32.9 Å². The van der Waals surface area contributed by atoms with E-state index >= 15 is 0 Å². The lowest BCUT2D eigenvalue weighted by Crippen LogP contribution is -2.39. The summed E-state index contributed by atoms with van der Waals surface area (Å²) in [6, 6.07) is 16.4. The Morgan fingerprint density at radius 3 is 2.36 bits per heavy atom. The van der Waals surface area contributed by atoms with E-state index in [-0.39, 0.29) is 5.69 Å². The number of rotatable bonds is 7. The highest BCUT2D eigenvalue weighted by atomic mass is 16.6. The average Bonchev–Trinajstić information content (AvgIpc) is 2.64. The van der Waals surface area contributed by atoms with Gasteiger partial charge in [0.1, 0.15) is 5.60 Å². The van der Waals surface area contributed by atoms with E-state index < -0.39 is 16.6 Å². The fourth-order valence-electron chi connectivity index (χ4n) is 2.61. The molecule has 7 heteroatoms. The third-order valence-electron chi connectivity index (χ3n) is 4.03. The molecule has 0 saturated carbocycles. The van der Waals surface area contributed by atoms with Gasteiger partial charge in [-0.2, -0.15) is 0 Å². The van der Waals surface area contributed by atoms with Crippen molar-refractivity contribution in [2.24, 2.45) is 0 Å². The molecule has 0 heterocycles. The Bertz CT molecular complexity index is 803. The second kappa shape index (κ2) is 9.21. The van der Waals surface area contributed by atoms with Gasteiger partial charge in [0.25, 0.3) is 5.69 Å². The predicted octanol–water partition coefficient (Wildman–Crippen LogP) is 4.47. The number of carbonyl (C=O) groups excluding carboxylic acids is 1. The maximum absolute atomic E-state index is 12.2. The number of anilines is 1. The third kappa shape index (κ3) is 6.57.